The van der Waals surface area contributed by atoms with Crippen LogP contribution < -0.4 is 23.8 Å². The molecule has 0 aliphatic rings. The Balaban J connectivity index is 1.64. The largest absolute Gasteiger partial charge is 0.497 e. The maximum Gasteiger partial charge on any atom is 0.251 e. The van der Waals surface area contributed by atoms with Crippen LogP contribution in [-0.4, -0.2) is 48.0 Å². The van der Waals surface area contributed by atoms with Gasteiger partial charge in [-0.25, -0.2) is 8.42 Å². The third-order valence-corrected chi connectivity index (χ3v) is 6.37. The quantitative estimate of drug-likeness (QED) is 0.404. The molecule has 0 spiro atoms. The van der Waals surface area contributed by atoms with Crippen molar-refractivity contribution >= 4 is 21.6 Å². The highest BCUT2D eigenvalue weighted by atomic mass is 32.2. The number of hydrogen-bond acceptors (Lipinski definition) is 6. The van der Waals surface area contributed by atoms with Gasteiger partial charge >= 0.3 is 0 Å². The minimum Gasteiger partial charge on any atom is -0.497 e. The number of carbonyl (C=O) groups excluding carboxylic acids is 1. The average molecular weight is 499 g/mol. The number of anilines is 1. The number of methoxy groups -OCH3 is 2. The van der Waals surface area contributed by atoms with Gasteiger partial charge in [-0.15, -0.1) is 0 Å². The summed E-state index contributed by atoms with van der Waals surface area (Å²) in [7, 11) is -0.620. The van der Waals surface area contributed by atoms with Crippen molar-refractivity contribution < 1.29 is 27.4 Å². The molecule has 0 saturated heterocycles. The molecule has 0 radical (unpaired) electrons. The zero-order chi connectivity index (χ0) is 25.4. The molecule has 0 atom stereocenters. The molecule has 0 heterocycles. The number of carbonyl (C=O) groups is 1. The second-order valence-electron chi connectivity index (χ2n) is 7.93. The first-order valence-electron chi connectivity index (χ1n) is 11.0. The van der Waals surface area contributed by atoms with Crippen LogP contribution in [0.5, 0.6) is 17.2 Å². The van der Waals surface area contributed by atoms with Gasteiger partial charge < -0.3 is 19.5 Å². The van der Waals surface area contributed by atoms with Gasteiger partial charge in [0, 0.05) is 11.6 Å². The Labute approximate surface area is 206 Å². The molecule has 186 valence electrons. The van der Waals surface area contributed by atoms with E-state index < -0.39 is 10.0 Å². The van der Waals surface area contributed by atoms with Crippen LogP contribution in [0.25, 0.3) is 0 Å². The first-order chi connectivity index (χ1) is 16.7. The zero-order valence-corrected chi connectivity index (χ0v) is 21.1. The molecule has 0 fully saturated rings. The molecule has 35 heavy (non-hydrogen) atoms. The standard InChI is InChI=1S/C26H30N2O6S/c1-19-6-5-7-23(16-19)34-15-14-27-26(29)21-10-8-20(9-11-21)18-28(35(4,30)31)24-13-12-22(32-2)17-25(24)33-3/h5-13,16-17H,14-15,18H2,1-4H3,(H,27,29). The van der Waals surface area contributed by atoms with Crippen LogP contribution in [-0.2, 0) is 16.6 Å². The molecular formula is C26H30N2O6S. The summed E-state index contributed by atoms with van der Waals surface area (Å²) in [5.41, 5.74) is 2.68. The number of sulfonamides is 1. The Kier molecular flexibility index (Phi) is 8.59. The molecule has 9 heteroatoms. The highest BCUT2D eigenvalue weighted by molar-refractivity contribution is 7.92. The van der Waals surface area contributed by atoms with Crippen molar-refractivity contribution in [2.45, 2.75) is 13.5 Å². The molecule has 0 saturated carbocycles. The average Bonchev–Trinajstić information content (AvgIpc) is 2.84. The molecule has 3 rings (SSSR count). The molecule has 0 unspecified atom stereocenters. The summed E-state index contributed by atoms with van der Waals surface area (Å²) in [6.45, 7) is 2.77. The van der Waals surface area contributed by atoms with E-state index in [1.54, 1.807) is 42.5 Å². The van der Waals surface area contributed by atoms with E-state index in [-0.39, 0.29) is 12.5 Å². The van der Waals surface area contributed by atoms with Crippen LogP contribution >= 0.6 is 0 Å². The predicted molar refractivity (Wildman–Crippen MR) is 136 cm³/mol. The van der Waals surface area contributed by atoms with Crippen LogP contribution in [0.4, 0.5) is 5.69 Å². The summed E-state index contributed by atoms with van der Waals surface area (Å²) >= 11 is 0. The zero-order valence-electron chi connectivity index (χ0n) is 20.3. The lowest BCUT2D eigenvalue weighted by Gasteiger charge is -2.24. The van der Waals surface area contributed by atoms with Gasteiger partial charge in [0.2, 0.25) is 10.0 Å². The Morgan fingerprint density at radius 3 is 2.31 bits per heavy atom. The fourth-order valence-electron chi connectivity index (χ4n) is 3.44. The van der Waals surface area contributed by atoms with Gasteiger partial charge in [-0.2, -0.15) is 0 Å². The summed E-state index contributed by atoms with van der Waals surface area (Å²) < 4.78 is 42.6. The Morgan fingerprint density at radius 2 is 1.69 bits per heavy atom. The third-order valence-electron chi connectivity index (χ3n) is 5.24. The Bertz CT molecular complexity index is 1260. The number of ether oxygens (including phenoxy) is 3. The smallest absolute Gasteiger partial charge is 0.251 e. The summed E-state index contributed by atoms with van der Waals surface area (Å²) in [5.74, 6) is 1.45. The Morgan fingerprint density at radius 1 is 0.943 bits per heavy atom. The van der Waals surface area contributed by atoms with E-state index in [1.165, 1.54) is 18.5 Å². The van der Waals surface area contributed by atoms with Gasteiger partial charge in [0.05, 0.1) is 39.3 Å². The number of benzene rings is 3. The summed E-state index contributed by atoms with van der Waals surface area (Å²) in [6.07, 6.45) is 1.14. The van der Waals surface area contributed by atoms with E-state index in [9.17, 15) is 13.2 Å². The first-order valence-corrected chi connectivity index (χ1v) is 12.8. The second-order valence-corrected chi connectivity index (χ2v) is 9.83. The van der Waals surface area contributed by atoms with E-state index in [4.69, 9.17) is 14.2 Å². The summed E-state index contributed by atoms with van der Waals surface area (Å²) in [4.78, 5) is 12.5. The van der Waals surface area contributed by atoms with Gasteiger partial charge in [0.15, 0.2) is 0 Å². The number of aryl methyl sites for hydroxylation is 1. The fourth-order valence-corrected chi connectivity index (χ4v) is 4.33. The molecule has 1 amide bonds. The lowest BCUT2D eigenvalue weighted by Crippen LogP contribution is -2.30. The van der Waals surface area contributed by atoms with Crippen molar-refractivity contribution in [2.75, 3.05) is 37.9 Å². The summed E-state index contributed by atoms with van der Waals surface area (Å²) in [6, 6.07) is 19.4. The van der Waals surface area contributed by atoms with Crippen LogP contribution in [0.1, 0.15) is 21.5 Å². The van der Waals surface area contributed by atoms with E-state index >= 15 is 0 Å². The van der Waals surface area contributed by atoms with Gasteiger partial charge in [0.1, 0.15) is 23.9 Å². The molecule has 1 N–H and O–H groups in total. The van der Waals surface area contributed by atoms with Crippen LogP contribution in [0.2, 0.25) is 0 Å². The van der Waals surface area contributed by atoms with E-state index in [0.717, 1.165) is 17.6 Å². The van der Waals surface area contributed by atoms with Crippen molar-refractivity contribution in [3.05, 3.63) is 83.4 Å². The van der Waals surface area contributed by atoms with Crippen molar-refractivity contribution in [1.29, 1.82) is 0 Å². The number of nitrogens with one attached hydrogen (secondary N) is 1. The Hall–Kier alpha value is -3.72. The van der Waals surface area contributed by atoms with Crippen molar-refractivity contribution in [2.24, 2.45) is 0 Å². The number of amides is 1. The van der Waals surface area contributed by atoms with Crippen LogP contribution in [0.3, 0.4) is 0 Å². The highest BCUT2D eigenvalue weighted by Crippen LogP contribution is 2.34. The van der Waals surface area contributed by atoms with Crippen molar-refractivity contribution in [1.82, 2.24) is 5.32 Å². The van der Waals surface area contributed by atoms with E-state index in [1.807, 2.05) is 31.2 Å². The van der Waals surface area contributed by atoms with Gasteiger partial charge in [-0.05, 0) is 54.4 Å². The number of rotatable bonds is 11. The van der Waals surface area contributed by atoms with E-state index in [2.05, 4.69) is 5.32 Å². The number of hydrogen-bond donors (Lipinski definition) is 1. The topological polar surface area (TPSA) is 94.2 Å². The van der Waals surface area contributed by atoms with Crippen molar-refractivity contribution in [3.8, 4) is 17.2 Å². The van der Waals surface area contributed by atoms with Crippen LogP contribution in [0.15, 0.2) is 66.7 Å². The minimum absolute atomic E-state index is 0.0771. The van der Waals surface area contributed by atoms with Crippen molar-refractivity contribution in [3.63, 3.8) is 0 Å². The lowest BCUT2D eigenvalue weighted by molar-refractivity contribution is 0.0947. The molecular weight excluding hydrogens is 468 g/mol. The first kappa shape index (κ1) is 25.9. The maximum absolute atomic E-state index is 12.6. The molecule has 8 nitrogen and oxygen atoms in total. The third kappa shape index (κ3) is 7.13. The highest BCUT2D eigenvalue weighted by Gasteiger charge is 2.22. The molecule has 0 aliphatic carbocycles. The monoisotopic (exact) mass is 498 g/mol. The van der Waals surface area contributed by atoms with Gasteiger partial charge in [-0.1, -0.05) is 24.3 Å². The van der Waals surface area contributed by atoms with E-state index in [0.29, 0.717) is 41.5 Å². The molecule has 0 aromatic heterocycles. The SMILES string of the molecule is COc1ccc(N(Cc2ccc(C(=O)NCCOc3cccc(C)c3)cc2)S(C)(=O)=O)c(OC)c1. The molecule has 0 aliphatic heterocycles. The normalized spacial score (nSPS) is 11.0. The summed E-state index contributed by atoms with van der Waals surface area (Å²) in [5, 5.41) is 2.82. The predicted octanol–water partition coefficient (Wildman–Crippen LogP) is 3.79. The molecule has 0 bridgehead atoms. The lowest BCUT2D eigenvalue weighted by atomic mass is 10.1. The minimum atomic E-state index is -3.62. The molecule has 3 aromatic carbocycles. The van der Waals surface area contributed by atoms with Gasteiger partial charge in [0.25, 0.3) is 5.91 Å². The van der Waals surface area contributed by atoms with Gasteiger partial charge in [-0.3, -0.25) is 9.10 Å². The molecule has 3 aromatic rings. The second kappa shape index (κ2) is 11.6. The number of nitrogens with zero attached hydrogens (tertiary/aromatic N) is 1. The maximum atomic E-state index is 12.6. The van der Waals surface area contributed by atoms with Crippen LogP contribution in [0, 0.1) is 6.92 Å². The fraction of sp³-hybridized carbons (Fsp3) is 0.269.